The van der Waals surface area contributed by atoms with Gasteiger partial charge >= 0.3 is 6.09 Å². The number of carbonyl (C=O) groups is 2. The van der Waals surface area contributed by atoms with E-state index < -0.39 is 6.09 Å². The van der Waals surface area contributed by atoms with Crippen LogP contribution >= 0.6 is 0 Å². The summed E-state index contributed by atoms with van der Waals surface area (Å²) in [6, 6.07) is 18.9. The molecule has 3 aromatic rings. The number of benzene rings is 2. The third-order valence-corrected chi connectivity index (χ3v) is 7.50. The second-order valence-corrected chi connectivity index (χ2v) is 10.2. The molecule has 0 N–H and O–H groups in total. The lowest BCUT2D eigenvalue weighted by molar-refractivity contribution is -0.118. The summed E-state index contributed by atoms with van der Waals surface area (Å²) < 4.78 is 11.2. The van der Waals surface area contributed by atoms with Crippen molar-refractivity contribution in [1.82, 2.24) is 9.88 Å². The average Bonchev–Trinajstić information content (AvgIpc) is 2.97. The zero-order chi connectivity index (χ0) is 27.0. The number of hydrogen-bond donors (Lipinski definition) is 0. The molecule has 3 heterocycles. The first-order valence-corrected chi connectivity index (χ1v) is 14.2. The van der Waals surface area contributed by atoms with Gasteiger partial charge in [-0.15, -0.1) is 0 Å². The molecule has 5 rings (SSSR count). The molecule has 0 saturated carbocycles. The summed E-state index contributed by atoms with van der Waals surface area (Å²) in [5.41, 5.74) is 2.19. The van der Waals surface area contributed by atoms with E-state index in [-0.39, 0.29) is 12.3 Å². The minimum absolute atomic E-state index is 0.272. The van der Waals surface area contributed by atoms with E-state index >= 15 is 0 Å². The smallest absolute Gasteiger partial charge is 0.422 e. The molecular weight excluding hydrogens is 492 g/mol. The van der Waals surface area contributed by atoms with Gasteiger partial charge in [0, 0.05) is 49.7 Å². The molecule has 1 saturated heterocycles. The third kappa shape index (κ3) is 6.50. The molecule has 0 atom stereocenters. The van der Waals surface area contributed by atoms with E-state index in [4.69, 9.17) is 9.47 Å². The number of unbranched alkanes of at least 4 members (excludes halogenated alkanes) is 2. The first-order chi connectivity index (χ1) is 19.1. The fourth-order valence-corrected chi connectivity index (χ4v) is 5.27. The fourth-order valence-electron chi connectivity index (χ4n) is 5.27. The lowest BCUT2D eigenvalue weighted by Gasteiger charge is -2.36. The van der Waals surface area contributed by atoms with Gasteiger partial charge in [-0.25, -0.2) is 4.79 Å². The SMILES string of the molecule is CCCCOC(=O)N1C(=O)CCc2ccc(OCCCCN3CCN(c4cccc5ccccc45)CC3)nc21. The minimum atomic E-state index is -0.653. The van der Waals surface area contributed by atoms with Gasteiger partial charge in [0.2, 0.25) is 11.8 Å². The molecule has 2 aliphatic heterocycles. The quantitative estimate of drug-likeness (QED) is 0.324. The summed E-state index contributed by atoms with van der Waals surface area (Å²) >= 11 is 0. The number of fused-ring (bicyclic) bond motifs is 2. The molecule has 2 aromatic carbocycles. The van der Waals surface area contributed by atoms with Crippen molar-refractivity contribution in [3.8, 4) is 5.88 Å². The number of nitrogens with zero attached hydrogens (tertiary/aromatic N) is 4. The van der Waals surface area contributed by atoms with Gasteiger partial charge < -0.3 is 14.4 Å². The van der Waals surface area contributed by atoms with Crippen LogP contribution in [0.25, 0.3) is 10.8 Å². The number of imide groups is 1. The van der Waals surface area contributed by atoms with Crippen molar-refractivity contribution >= 4 is 34.3 Å². The summed E-state index contributed by atoms with van der Waals surface area (Å²) in [5.74, 6) is 0.488. The summed E-state index contributed by atoms with van der Waals surface area (Å²) in [7, 11) is 0. The number of ether oxygens (including phenoxy) is 2. The highest BCUT2D eigenvalue weighted by Gasteiger charge is 2.32. The van der Waals surface area contributed by atoms with Crippen molar-refractivity contribution in [2.75, 3.05) is 55.7 Å². The van der Waals surface area contributed by atoms with E-state index in [0.717, 1.165) is 68.9 Å². The third-order valence-electron chi connectivity index (χ3n) is 7.50. The minimum Gasteiger partial charge on any atom is -0.478 e. The summed E-state index contributed by atoms with van der Waals surface area (Å²) in [4.78, 5) is 35.6. The molecule has 8 nitrogen and oxygen atoms in total. The van der Waals surface area contributed by atoms with Crippen LogP contribution in [0.4, 0.5) is 16.3 Å². The van der Waals surface area contributed by atoms with E-state index in [1.165, 1.54) is 16.5 Å². The van der Waals surface area contributed by atoms with Crippen LogP contribution in [-0.2, 0) is 16.0 Å². The summed E-state index contributed by atoms with van der Waals surface area (Å²) in [6.45, 7) is 8.05. The Balaban J connectivity index is 1.07. The van der Waals surface area contributed by atoms with Crippen LogP contribution in [0.5, 0.6) is 5.88 Å². The van der Waals surface area contributed by atoms with Crippen LogP contribution in [0.2, 0.25) is 0 Å². The fraction of sp³-hybridized carbons (Fsp3) is 0.452. The predicted molar refractivity (Wildman–Crippen MR) is 154 cm³/mol. The van der Waals surface area contributed by atoms with E-state index in [1.54, 1.807) is 0 Å². The number of anilines is 2. The first-order valence-electron chi connectivity index (χ1n) is 14.2. The van der Waals surface area contributed by atoms with Crippen LogP contribution in [-0.4, -0.2) is 67.8 Å². The zero-order valence-electron chi connectivity index (χ0n) is 22.8. The van der Waals surface area contributed by atoms with Crippen LogP contribution in [0, 0.1) is 0 Å². The Hall–Kier alpha value is -3.65. The van der Waals surface area contributed by atoms with Crippen molar-refractivity contribution in [3.05, 3.63) is 60.2 Å². The highest BCUT2D eigenvalue weighted by Crippen LogP contribution is 2.29. The molecule has 1 fully saturated rings. The van der Waals surface area contributed by atoms with Crippen LogP contribution in [0.3, 0.4) is 0 Å². The van der Waals surface area contributed by atoms with E-state index in [0.29, 0.717) is 31.3 Å². The van der Waals surface area contributed by atoms with Crippen molar-refractivity contribution < 1.29 is 19.1 Å². The highest BCUT2D eigenvalue weighted by atomic mass is 16.6. The monoisotopic (exact) mass is 530 g/mol. The largest absolute Gasteiger partial charge is 0.478 e. The normalized spacial score (nSPS) is 15.9. The zero-order valence-corrected chi connectivity index (χ0v) is 22.8. The lowest BCUT2D eigenvalue weighted by Crippen LogP contribution is -2.46. The standard InChI is InChI=1S/C31H38N4O4/c1-2-3-22-39-31(37)35-29(36)16-14-25-13-15-28(32-30(25)35)38-23-7-6-17-33-18-20-34(21-19-33)27-12-8-10-24-9-4-5-11-26(24)27/h4-5,8-13,15H,2-3,6-7,14,16-23H2,1H3. The number of aryl methyl sites for hydroxylation is 1. The molecule has 0 spiro atoms. The molecule has 8 heteroatoms. The van der Waals surface area contributed by atoms with Crippen molar-refractivity contribution in [2.45, 2.75) is 45.4 Å². The number of aromatic nitrogens is 1. The van der Waals surface area contributed by atoms with Gasteiger partial charge in [-0.1, -0.05) is 49.7 Å². The number of amides is 2. The van der Waals surface area contributed by atoms with Crippen molar-refractivity contribution in [1.29, 1.82) is 0 Å². The van der Waals surface area contributed by atoms with E-state index in [9.17, 15) is 9.59 Å². The molecule has 2 aliphatic rings. The Morgan fingerprint density at radius 2 is 1.72 bits per heavy atom. The Labute approximate surface area is 230 Å². The Morgan fingerprint density at radius 1 is 0.897 bits per heavy atom. The van der Waals surface area contributed by atoms with Gasteiger partial charge in [-0.3, -0.25) is 9.69 Å². The Morgan fingerprint density at radius 3 is 2.56 bits per heavy atom. The van der Waals surface area contributed by atoms with Gasteiger partial charge in [0.05, 0.1) is 13.2 Å². The molecule has 0 unspecified atom stereocenters. The summed E-state index contributed by atoms with van der Waals surface area (Å²) in [5, 5.41) is 2.61. The average molecular weight is 531 g/mol. The highest BCUT2D eigenvalue weighted by molar-refractivity contribution is 6.13. The van der Waals surface area contributed by atoms with Gasteiger partial charge in [0.25, 0.3) is 0 Å². The predicted octanol–water partition coefficient (Wildman–Crippen LogP) is 5.43. The number of piperazine rings is 1. The molecule has 1 aromatic heterocycles. The van der Waals surface area contributed by atoms with Crippen LogP contribution in [0.1, 0.15) is 44.6 Å². The lowest BCUT2D eigenvalue weighted by atomic mass is 10.1. The van der Waals surface area contributed by atoms with Crippen molar-refractivity contribution in [3.63, 3.8) is 0 Å². The van der Waals surface area contributed by atoms with Gasteiger partial charge in [-0.05, 0) is 55.3 Å². The number of hydrogen-bond acceptors (Lipinski definition) is 7. The topological polar surface area (TPSA) is 75.2 Å². The maximum absolute atomic E-state index is 12.6. The second-order valence-electron chi connectivity index (χ2n) is 10.2. The Bertz CT molecular complexity index is 1280. The second kappa shape index (κ2) is 12.9. The maximum Gasteiger partial charge on any atom is 0.422 e. The van der Waals surface area contributed by atoms with Crippen LogP contribution in [0.15, 0.2) is 54.6 Å². The number of carbonyl (C=O) groups excluding carboxylic acids is 2. The molecule has 2 amide bonds. The number of pyridine rings is 1. The summed E-state index contributed by atoms with van der Waals surface area (Å²) in [6.07, 6.45) is 3.80. The van der Waals surface area contributed by atoms with Gasteiger partial charge in [-0.2, -0.15) is 9.88 Å². The van der Waals surface area contributed by atoms with Crippen LogP contribution < -0.4 is 14.5 Å². The van der Waals surface area contributed by atoms with Gasteiger partial charge in [0.15, 0.2) is 5.82 Å². The molecule has 0 aliphatic carbocycles. The van der Waals surface area contributed by atoms with E-state index in [2.05, 4.69) is 57.2 Å². The maximum atomic E-state index is 12.6. The van der Waals surface area contributed by atoms with E-state index in [1.807, 2.05) is 19.1 Å². The van der Waals surface area contributed by atoms with Crippen molar-refractivity contribution in [2.24, 2.45) is 0 Å². The molecular formula is C31H38N4O4. The molecule has 39 heavy (non-hydrogen) atoms. The molecule has 0 radical (unpaired) electrons. The number of rotatable bonds is 10. The first kappa shape index (κ1) is 26.9. The molecule has 206 valence electrons. The van der Waals surface area contributed by atoms with Gasteiger partial charge in [0.1, 0.15) is 0 Å². The molecule has 0 bridgehead atoms. The Kier molecular flexibility index (Phi) is 8.93.